The maximum Gasteiger partial charge on any atom is 0.283 e. The van der Waals surface area contributed by atoms with Gasteiger partial charge < -0.3 is 4.57 Å². The van der Waals surface area contributed by atoms with Crippen LogP contribution in [0.15, 0.2) is 70.4 Å². The van der Waals surface area contributed by atoms with Gasteiger partial charge in [0.05, 0.1) is 10.6 Å². The number of halogens is 1. The minimum atomic E-state index is -0.418. The highest BCUT2D eigenvalue weighted by Crippen LogP contribution is 2.30. The van der Waals surface area contributed by atoms with E-state index in [0.29, 0.717) is 16.7 Å². The van der Waals surface area contributed by atoms with Crippen molar-refractivity contribution >= 4 is 62.3 Å². The van der Waals surface area contributed by atoms with Crippen LogP contribution in [0.3, 0.4) is 0 Å². The Balaban J connectivity index is 1.57. The highest BCUT2D eigenvalue weighted by Gasteiger charge is 2.34. The molecule has 6 nitrogen and oxygen atoms in total. The van der Waals surface area contributed by atoms with Crippen LogP contribution in [0, 0.1) is 5.41 Å². The fraction of sp³-hybridized carbons (Fsp3) is 0.0909. The number of amidine groups is 2. The fourth-order valence-electron chi connectivity index (χ4n) is 3.55. The molecule has 30 heavy (non-hydrogen) atoms. The van der Waals surface area contributed by atoms with E-state index in [1.165, 1.54) is 16.8 Å². The molecule has 0 saturated carbocycles. The average molecular weight is 434 g/mol. The molecular weight excluding hydrogens is 418 g/mol. The van der Waals surface area contributed by atoms with Crippen LogP contribution in [0.5, 0.6) is 0 Å². The molecule has 0 radical (unpaired) electrons. The van der Waals surface area contributed by atoms with Crippen molar-refractivity contribution in [2.24, 2.45) is 10.1 Å². The van der Waals surface area contributed by atoms with Gasteiger partial charge >= 0.3 is 0 Å². The van der Waals surface area contributed by atoms with Crippen molar-refractivity contribution in [3.05, 3.63) is 76.5 Å². The quantitative estimate of drug-likeness (QED) is 0.592. The van der Waals surface area contributed by atoms with Gasteiger partial charge in [0.25, 0.3) is 5.91 Å². The molecule has 0 saturated heterocycles. The first-order valence-corrected chi connectivity index (χ1v) is 10.5. The third kappa shape index (κ3) is 3.26. The molecule has 0 bridgehead atoms. The first-order valence-electron chi connectivity index (χ1n) is 9.29. The Kier molecular flexibility index (Phi) is 4.56. The summed E-state index contributed by atoms with van der Waals surface area (Å²) >= 11 is 7.30. The van der Waals surface area contributed by atoms with E-state index in [0.717, 1.165) is 27.1 Å². The topological polar surface area (TPSA) is 73.8 Å². The van der Waals surface area contributed by atoms with E-state index < -0.39 is 5.91 Å². The number of benzene rings is 2. The molecule has 148 valence electrons. The molecule has 1 N–H and O–H groups in total. The van der Waals surface area contributed by atoms with Gasteiger partial charge in [0, 0.05) is 34.2 Å². The van der Waals surface area contributed by atoms with Crippen LogP contribution in [0.25, 0.3) is 17.0 Å². The number of hydrogen-bond acceptors (Lipinski definition) is 4. The average Bonchev–Trinajstić information content (AvgIpc) is 3.27. The van der Waals surface area contributed by atoms with Crippen LogP contribution in [-0.2, 0) is 11.3 Å². The highest BCUT2D eigenvalue weighted by atomic mass is 35.5. The summed E-state index contributed by atoms with van der Waals surface area (Å²) in [5, 5.41) is 17.1. The molecule has 0 unspecified atom stereocenters. The third-order valence-corrected chi connectivity index (χ3v) is 6.02. The first kappa shape index (κ1) is 18.8. The Labute approximate surface area is 182 Å². The number of carbonyl (C=O) groups excluding carboxylic acids is 1. The van der Waals surface area contributed by atoms with Crippen molar-refractivity contribution in [1.29, 1.82) is 5.41 Å². The Morgan fingerprint density at radius 3 is 2.73 bits per heavy atom. The molecule has 2 aromatic carbocycles. The molecule has 2 aliphatic heterocycles. The molecule has 5 rings (SSSR count). The van der Waals surface area contributed by atoms with Crippen molar-refractivity contribution in [1.82, 2.24) is 9.58 Å². The number of carbonyl (C=O) groups is 1. The second kappa shape index (κ2) is 7.27. The van der Waals surface area contributed by atoms with Crippen molar-refractivity contribution < 1.29 is 4.79 Å². The second-order valence-corrected chi connectivity index (χ2v) is 8.59. The van der Waals surface area contributed by atoms with Gasteiger partial charge in [-0.15, -0.1) is 0 Å². The number of thioether (sulfide) groups is 1. The lowest BCUT2D eigenvalue weighted by Gasteiger charge is -2.20. The lowest BCUT2D eigenvalue weighted by Crippen LogP contribution is -2.35. The van der Waals surface area contributed by atoms with E-state index in [2.05, 4.69) is 14.7 Å². The Morgan fingerprint density at radius 1 is 1.17 bits per heavy atom. The molecule has 0 atom stereocenters. The Morgan fingerprint density at radius 2 is 1.93 bits per heavy atom. The lowest BCUT2D eigenvalue weighted by atomic mass is 10.1. The minimum Gasteiger partial charge on any atom is -0.342 e. The number of aliphatic imine (C=N–C) groups is 1. The van der Waals surface area contributed by atoms with Crippen molar-refractivity contribution in [3.63, 3.8) is 0 Å². The van der Waals surface area contributed by atoms with Crippen molar-refractivity contribution in [2.45, 2.75) is 13.5 Å². The van der Waals surface area contributed by atoms with Gasteiger partial charge in [-0.2, -0.15) is 15.1 Å². The number of aromatic nitrogens is 1. The molecule has 0 fully saturated rings. The first-order chi connectivity index (χ1) is 14.5. The van der Waals surface area contributed by atoms with Crippen LogP contribution in [-0.4, -0.2) is 31.5 Å². The van der Waals surface area contributed by atoms with E-state index in [1.54, 1.807) is 6.08 Å². The van der Waals surface area contributed by atoms with Crippen LogP contribution >= 0.6 is 23.4 Å². The van der Waals surface area contributed by atoms with Gasteiger partial charge in [0.2, 0.25) is 5.17 Å². The number of nitrogens with zero attached hydrogens (tertiary/aromatic N) is 4. The minimum absolute atomic E-state index is 0.0453. The summed E-state index contributed by atoms with van der Waals surface area (Å²) in [5.74, 6) is -0.373. The van der Waals surface area contributed by atoms with Gasteiger partial charge in [0.1, 0.15) is 0 Å². The molecule has 1 aromatic heterocycles. The van der Waals surface area contributed by atoms with E-state index in [9.17, 15) is 4.79 Å². The number of amides is 1. The van der Waals surface area contributed by atoms with Crippen molar-refractivity contribution in [2.75, 3.05) is 0 Å². The number of nitrogens with one attached hydrogen (secondary N) is 1. The van der Waals surface area contributed by atoms with Gasteiger partial charge in [-0.05, 0) is 48.5 Å². The zero-order valence-electron chi connectivity index (χ0n) is 16.0. The summed E-state index contributed by atoms with van der Waals surface area (Å²) < 4.78 is 2.13. The highest BCUT2D eigenvalue weighted by molar-refractivity contribution is 8.26. The molecule has 0 aliphatic carbocycles. The fourth-order valence-corrected chi connectivity index (χ4v) is 4.41. The maximum atomic E-state index is 12.6. The molecule has 3 heterocycles. The summed E-state index contributed by atoms with van der Waals surface area (Å²) in [4.78, 5) is 16.7. The van der Waals surface area contributed by atoms with E-state index in [-0.39, 0.29) is 11.4 Å². The summed E-state index contributed by atoms with van der Waals surface area (Å²) in [5.41, 5.74) is 3.25. The van der Waals surface area contributed by atoms with Crippen LogP contribution in [0.2, 0.25) is 5.02 Å². The van der Waals surface area contributed by atoms with Gasteiger partial charge in [-0.3, -0.25) is 10.2 Å². The van der Waals surface area contributed by atoms with Crippen LogP contribution < -0.4 is 0 Å². The maximum absolute atomic E-state index is 12.6. The van der Waals surface area contributed by atoms with Gasteiger partial charge in [-0.1, -0.05) is 41.9 Å². The number of fused-ring (bicyclic) bond motifs is 2. The Hall–Kier alpha value is -3.16. The molecule has 0 spiro atoms. The molecular formula is C22H16ClN5OS. The number of hydrazone groups is 1. The Bertz CT molecular complexity index is 1300. The van der Waals surface area contributed by atoms with E-state index in [4.69, 9.17) is 17.0 Å². The second-order valence-electron chi connectivity index (χ2n) is 6.99. The van der Waals surface area contributed by atoms with Crippen LogP contribution in [0.1, 0.15) is 18.1 Å². The normalized spacial score (nSPS) is 17.5. The molecule has 2 aliphatic rings. The van der Waals surface area contributed by atoms with Gasteiger partial charge in [-0.25, -0.2) is 0 Å². The number of para-hydroxylation sites is 1. The predicted molar refractivity (Wildman–Crippen MR) is 123 cm³/mol. The summed E-state index contributed by atoms with van der Waals surface area (Å²) in [6, 6.07) is 15.8. The number of rotatable bonds is 3. The smallest absolute Gasteiger partial charge is 0.283 e. The van der Waals surface area contributed by atoms with Crippen molar-refractivity contribution in [3.8, 4) is 0 Å². The third-order valence-electron chi connectivity index (χ3n) is 4.94. The standard InChI is InChI=1S/C22H16ClN5OS/c1-13-26-28-20(24)18(21(29)25-22(28)30-13)10-15-12-27(19-5-3-2-4-17(15)19)11-14-6-8-16(23)9-7-14/h2-10,12,24H,11H2,1H3/b18-10+,24-20?. The summed E-state index contributed by atoms with van der Waals surface area (Å²) in [7, 11) is 0. The molecule has 3 aromatic rings. The summed E-state index contributed by atoms with van der Waals surface area (Å²) in [6.45, 7) is 2.50. The predicted octanol–water partition coefficient (Wildman–Crippen LogP) is 4.98. The summed E-state index contributed by atoms with van der Waals surface area (Å²) in [6.07, 6.45) is 3.73. The molecule has 1 amide bonds. The monoisotopic (exact) mass is 433 g/mol. The zero-order chi connectivity index (χ0) is 20.8. The number of hydrogen-bond donors (Lipinski definition) is 1. The molecule has 8 heteroatoms. The lowest BCUT2D eigenvalue weighted by molar-refractivity contribution is -0.114. The zero-order valence-corrected chi connectivity index (χ0v) is 17.5. The van der Waals surface area contributed by atoms with E-state index >= 15 is 0 Å². The largest absolute Gasteiger partial charge is 0.342 e. The van der Waals surface area contributed by atoms with Crippen LogP contribution in [0.4, 0.5) is 0 Å². The van der Waals surface area contributed by atoms with E-state index in [1.807, 2.05) is 61.7 Å². The SMILES string of the molecule is CC1=NN2C(=N)/C(=C\c3cn(Cc4ccc(Cl)cc4)c4ccccc34)C(=O)N=C2S1. The van der Waals surface area contributed by atoms with Gasteiger partial charge in [0.15, 0.2) is 5.84 Å².